The topological polar surface area (TPSA) is 91.8 Å². The highest BCUT2D eigenvalue weighted by Gasteiger charge is 2.59. The van der Waals surface area contributed by atoms with Crippen molar-refractivity contribution in [1.82, 2.24) is 10.7 Å². The van der Waals surface area contributed by atoms with Crippen LogP contribution in [0.1, 0.15) is 78.2 Å². The number of nitrogens with one attached hydrogen (secondary N) is 3. The summed E-state index contributed by atoms with van der Waals surface area (Å²) >= 11 is 5.32. The molecule has 1 aliphatic heterocycles. The Hall–Kier alpha value is -2.95. The molecule has 42 heavy (non-hydrogen) atoms. The van der Waals surface area contributed by atoms with E-state index >= 15 is 0 Å². The van der Waals surface area contributed by atoms with Crippen LogP contribution >= 0.6 is 12.2 Å². The monoisotopic (exact) mass is 604 g/mol. The van der Waals surface area contributed by atoms with E-state index in [1.165, 1.54) is 19.1 Å². The Morgan fingerprint density at radius 1 is 1.12 bits per heavy atom. The fourth-order valence-corrected chi connectivity index (χ4v) is 8.59. The van der Waals surface area contributed by atoms with E-state index < -0.39 is 17.3 Å². The third kappa shape index (κ3) is 5.81. The van der Waals surface area contributed by atoms with Gasteiger partial charge in [-0.25, -0.2) is 0 Å². The van der Waals surface area contributed by atoms with Crippen LogP contribution in [0.3, 0.4) is 0 Å². The van der Waals surface area contributed by atoms with Crippen LogP contribution in [0.2, 0.25) is 0 Å². The van der Waals surface area contributed by atoms with Gasteiger partial charge in [0.25, 0.3) is 0 Å². The van der Waals surface area contributed by atoms with E-state index in [1.807, 2.05) is 6.92 Å². The van der Waals surface area contributed by atoms with Gasteiger partial charge in [0.2, 0.25) is 5.91 Å². The summed E-state index contributed by atoms with van der Waals surface area (Å²) in [6.45, 7) is 7.78. The maximum Gasteiger partial charge on any atom is 0.416 e. The first kappa shape index (κ1) is 30.5. The number of carbonyl (C=O) groups excluding carboxylic acids is 2. The molecular weight excluding hydrogens is 565 g/mol. The van der Waals surface area contributed by atoms with Gasteiger partial charge in [-0.05, 0) is 124 Å². The number of rotatable bonds is 4. The van der Waals surface area contributed by atoms with Crippen molar-refractivity contribution in [3.05, 3.63) is 41.5 Å². The number of allylic oxidation sites excluding steroid dienone is 1. The first-order valence-corrected chi connectivity index (χ1v) is 15.1. The van der Waals surface area contributed by atoms with E-state index in [9.17, 15) is 22.8 Å². The largest absolute Gasteiger partial charge is 0.463 e. The summed E-state index contributed by atoms with van der Waals surface area (Å²) in [5, 5.41) is 10.9. The minimum atomic E-state index is -4.41. The number of nitrogens with zero attached hydrogens (tertiary/aromatic N) is 1. The van der Waals surface area contributed by atoms with Crippen molar-refractivity contribution in [3.63, 3.8) is 0 Å². The lowest BCUT2D eigenvalue weighted by Gasteiger charge is -2.56. The van der Waals surface area contributed by atoms with E-state index in [2.05, 4.69) is 41.1 Å². The molecule has 7 atom stereocenters. The van der Waals surface area contributed by atoms with Gasteiger partial charge in [0, 0.05) is 19.0 Å². The van der Waals surface area contributed by atoms with Crippen molar-refractivity contribution >= 4 is 40.6 Å². The van der Waals surface area contributed by atoms with E-state index in [0.717, 1.165) is 56.2 Å². The number of benzene rings is 1. The van der Waals surface area contributed by atoms with Gasteiger partial charge in [-0.2, -0.15) is 18.3 Å². The zero-order chi connectivity index (χ0) is 30.4. The number of hydrazone groups is 1. The number of fused-ring (bicyclic) bond motifs is 5. The molecule has 1 aromatic rings. The Morgan fingerprint density at radius 3 is 2.50 bits per heavy atom. The predicted octanol–water partition coefficient (Wildman–Crippen LogP) is 6.36. The second-order valence-electron chi connectivity index (χ2n) is 12.8. The molecule has 1 aromatic carbocycles. The number of hydrogen-bond acceptors (Lipinski definition) is 5. The standard InChI is InChI=1S/C31H39F3N4O3S/c1-17(37-38-28(42)35-21-8-5-19(6-9-21)31(32,33)34)24-11-12-25-23-10-7-20-15-22(41-18(2)39)13-14-29(20,3)26(23)16-27(40)36-30(24,25)4/h5-6,8-9,11,20,22-23,25-26H,7,10,12-16H2,1-4H3,(H,36,40)(H2,35,38,42)/b37-17+/t20-,22-,23-,25-,26-,29-,30+/m0/s1. The number of ether oxygens (including phenoxy) is 1. The third-order valence-electron chi connectivity index (χ3n) is 10.4. The van der Waals surface area contributed by atoms with Crippen LogP contribution < -0.4 is 16.1 Å². The Labute approximate surface area is 250 Å². The summed E-state index contributed by atoms with van der Waals surface area (Å²) < 4.78 is 44.1. The lowest BCUT2D eigenvalue weighted by Crippen LogP contribution is -2.54. The Bertz CT molecular complexity index is 1310. The van der Waals surface area contributed by atoms with Gasteiger partial charge >= 0.3 is 12.1 Å². The first-order chi connectivity index (χ1) is 19.7. The van der Waals surface area contributed by atoms with Crippen molar-refractivity contribution < 1.29 is 27.5 Å². The zero-order valence-electron chi connectivity index (χ0n) is 24.4. The van der Waals surface area contributed by atoms with Gasteiger partial charge in [0.15, 0.2) is 5.11 Å². The molecule has 1 saturated heterocycles. The molecule has 7 nitrogen and oxygen atoms in total. The van der Waals surface area contributed by atoms with Gasteiger partial charge < -0.3 is 15.4 Å². The molecule has 1 heterocycles. The minimum absolute atomic E-state index is 0.0196. The van der Waals surface area contributed by atoms with E-state index in [4.69, 9.17) is 17.0 Å². The molecule has 3 fully saturated rings. The fourth-order valence-electron chi connectivity index (χ4n) is 8.42. The zero-order valence-corrected chi connectivity index (χ0v) is 25.3. The summed E-state index contributed by atoms with van der Waals surface area (Å²) in [6.07, 6.45) is 3.80. The summed E-state index contributed by atoms with van der Waals surface area (Å²) in [5.41, 5.74) is 3.57. The lowest BCUT2D eigenvalue weighted by molar-refractivity contribution is -0.155. The normalized spacial score (nSPS) is 34.5. The molecule has 0 unspecified atom stereocenters. The fraction of sp³-hybridized carbons (Fsp3) is 0.613. The molecule has 3 N–H and O–H groups in total. The van der Waals surface area contributed by atoms with Gasteiger partial charge in [-0.3, -0.25) is 15.0 Å². The predicted molar refractivity (Wildman–Crippen MR) is 158 cm³/mol. The van der Waals surface area contributed by atoms with Gasteiger partial charge in [-0.1, -0.05) is 13.0 Å². The van der Waals surface area contributed by atoms with Crippen molar-refractivity contribution in [2.24, 2.45) is 34.2 Å². The van der Waals surface area contributed by atoms with Gasteiger partial charge in [0.1, 0.15) is 6.10 Å². The number of hydrogen-bond donors (Lipinski definition) is 3. The van der Waals surface area contributed by atoms with Crippen LogP contribution in [0, 0.1) is 29.1 Å². The molecule has 11 heteroatoms. The summed E-state index contributed by atoms with van der Waals surface area (Å²) in [7, 11) is 0. The van der Waals surface area contributed by atoms with Crippen molar-refractivity contribution in [3.8, 4) is 0 Å². The minimum Gasteiger partial charge on any atom is -0.463 e. The SMILES string of the molecule is CC(=O)O[C@H]1CC[C@@]2(C)[C@@H](CC[C@@H]3[C@@H]2CC(=O)N[C@]2(C)C(/C(C)=N/NC(=S)Nc4ccc(C(F)(F)F)cc4)=CC[C@@H]32)C1. The third-order valence-corrected chi connectivity index (χ3v) is 10.6. The second kappa shape index (κ2) is 11.3. The van der Waals surface area contributed by atoms with Crippen LogP contribution in [0.25, 0.3) is 0 Å². The number of amides is 1. The highest BCUT2D eigenvalue weighted by atomic mass is 32.1. The summed E-state index contributed by atoms with van der Waals surface area (Å²) in [4.78, 5) is 25.1. The van der Waals surface area contributed by atoms with Crippen LogP contribution in [0.4, 0.5) is 18.9 Å². The Kier molecular flexibility index (Phi) is 8.19. The van der Waals surface area contributed by atoms with E-state index in [1.54, 1.807) is 0 Å². The summed E-state index contributed by atoms with van der Waals surface area (Å²) in [5.74, 6) is 1.10. The molecule has 2 saturated carbocycles. The number of thiocarbonyl (C=S) groups is 1. The highest BCUT2D eigenvalue weighted by molar-refractivity contribution is 7.80. The van der Waals surface area contributed by atoms with Crippen LogP contribution in [0.5, 0.6) is 0 Å². The van der Waals surface area contributed by atoms with Crippen LogP contribution in [-0.2, 0) is 20.5 Å². The van der Waals surface area contributed by atoms with E-state index in [0.29, 0.717) is 29.7 Å². The molecular formula is C31H39F3N4O3S. The average molecular weight is 605 g/mol. The quantitative estimate of drug-likeness (QED) is 0.160. The molecule has 5 rings (SSSR count). The first-order valence-electron chi connectivity index (χ1n) is 14.7. The van der Waals surface area contributed by atoms with Gasteiger partial charge in [0.05, 0.1) is 16.8 Å². The highest BCUT2D eigenvalue weighted by Crippen LogP contribution is 2.61. The number of halogens is 3. The maximum absolute atomic E-state index is 13.5. The molecule has 0 aromatic heterocycles. The molecule has 0 bridgehead atoms. The van der Waals surface area contributed by atoms with Crippen LogP contribution in [-0.4, -0.2) is 34.3 Å². The average Bonchev–Trinajstić information content (AvgIpc) is 3.18. The molecule has 3 aliphatic carbocycles. The summed E-state index contributed by atoms with van der Waals surface area (Å²) in [6, 6.07) is 4.61. The molecule has 4 aliphatic rings. The Morgan fingerprint density at radius 2 is 1.83 bits per heavy atom. The number of carbonyl (C=O) groups is 2. The van der Waals surface area contributed by atoms with Crippen LogP contribution in [0.15, 0.2) is 41.0 Å². The maximum atomic E-state index is 13.5. The van der Waals surface area contributed by atoms with Crippen molar-refractivity contribution in [2.45, 2.75) is 90.5 Å². The molecule has 1 amide bonds. The molecule has 0 radical (unpaired) electrons. The lowest BCUT2D eigenvalue weighted by atomic mass is 9.49. The number of anilines is 1. The van der Waals surface area contributed by atoms with Crippen molar-refractivity contribution in [2.75, 3.05) is 5.32 Å². The molecule has 228 valence electrons. The smallest absolute Gasteiger partial charge is 0.416 e. The Balaban J connectivity index is 1.28. The van der Waals surface area contributed by atoms with Crippen molar-refractivity contribution in [1.29, 1.82) is 0 Å². The van der Waals surface area contributed by atoms with Gasteiger partial charge in [-0.15, -0.1) is 0 Å². The number of esters is 1. The second-order valence-corrected chi connectivity index (χ2v) is 13.2. The van der Waals surface area contributed by atoms with E-state index in [-0.39, 0.29) is 40.3 Å². The molecule has 0 spiro atoms. The number of alkyl halides is 3.